The lowest BCUT2D eigenvalue weighted by molar-refractivity contribution is -0.163. The van der Waals surface area contributed by atoms with Crippen LogP contribution < -0.4 is 0 Å². The van der Waals surface area contributed by atoms with Gasteiger partial charge in [0.05, 0.1) is 18.3 Å². The number of ether oxygens (including phenoxy) is 1. The molecule has 5 nitrogen and oxygen atoms in total. The largest absolute Gasteiger partial charge is 0.461 e. The van der Waals surface area contributed by atoms with E-state index in [1.54, 1.807) is 26.2 Å². The molecule has 0 saturated heterocycles. The van der Waals surface area contributed by atoms with Crippen LogP contribution >= 0.6 is 0 Å². The first kappa shape index (κ1) is 17.9. The van der Waals surface area contributed by atoms with E-state index in [0.29, 0.717) is 17.8 Å². The molecule has 1 heterocycles. The number of furan rings is 1. The number of carbonyl (C=O) groups is 2. The first-order valence-corrected chi connectivity index (χ1v) is 8.83. The zero-order valence-electron chi connectivity index (χ0n) is 15.5. The van der Waals surface area contributed by atoms with E-state index in [4.69, 9.17) is 9.15 Å². The van der Waals surface area contributed by atoms with E-state index in [1.807, 2.05) is 20.8 Å². The summed E-state index contributed by atoms with van der Waals surface area (Å²) in [7, 11) is 0. The molecule has 5 heteroatoms. The van der Waals surface area contributed by atoms with E-state index in [1.165, 1.54) is 0 Å². The lowest BCUT2D eigenvalue weighted by Crippen LogP contribution is -2.58. The molecule has 1 fully saturated rings. The van der Waals surface area contributed by atoms with Crippen LogP contribution in [0.25, 0.3) is 0 Å². The van der Waals surface area contributed by atoms with Crippen molar-refractivity contribution in [1.29, 1.82) is 0 Å². The Bertz CT molecular complexity index is 743. The van der Waals surface area contributed by atoms with Crippen molar-refractivity contribution < 1.29 is 23.8 Å². The van der Waals surface area contributed by atoms with Crippen LogP contribution in [0.1, 0.15) is 55.8 Å². The number of Topliss-reactive ketones (excluding diaryl/α,β-unsaturated/α-hetero) is 1. The summed E-state index contributed by atoms with van der Waals surface area (Å²) in [6, 6.07) is 0. The van der Waals surface area contributed by atoms with Crippen LogP contribution in [0.4, 0.5) is 0 Å². The quantitative estimate of drug-likeness (QED) is 0.657. The van der Waals surface area contributed by atoms with Crippen molar-refractivity contribution in [3.8, 4) is 0 Å². The Labute approximate surface area is 148 Å². The summed E-state index contributed by atoms with van der Waals surface area (Å²) in [6.07, 6.45) is 2.95. The van der Waals surface area contributed by atoms with E-state index >= 15 is 0 Å². The summed E-state index contributed by atoms with van der Waals surface area (Å²) in [5, 5.41) is 10.7. The number of aliphatic hydroxyl groups is 1. The minimum absolute atomic E-state index is 0.0547. The molecule has 2 aliphatic carbocycles. The third-order valence-electron chi connectivity index (χ3n) is 6.35. The summed E-state index contributed by atoms with van der Waals surface area (Å²) in [5.41, 5.74) is 1.93. The fourth-order valence-corrected chi connectivity index (χ4v) is 4.39. The molecule has 25 heavy (non-hydrogen) atoms. The average Bonchev–Trinajstić information content (AvgIpc) is 2.92. The van der Waals surface area contributed by atoms with Gasteiger partial charge in [0.25, 0.3) is 0 Å². The standard InChI is InChI=1S/C20H26O5/c1-6-10(2)19(23)25-15-7-14(21)16-17(22)18-13(11(3)9-24-18)8-20(16,5)12(15)4/h6,9,12,14-16,21H,7-8H2,1-5H3. The van der Waals surface area contributed by atoms with Crippen LogP contribution in [0.3, 0.4) is 0 Å². The van der Waals surface area contributed by atoms with Crippen molar-refractivity contribution in [3.05, 3.63) is 34.8 Å². The van der Waals surface area contributed by atoms with Crippen LogP contribution in [0.15, 0.2) is 22.3 Å². The topological polar surface area (TPSA) is 76.7 Å². The highest BCUT2D eigenvalue weighted by Crippen LogP contribution is 2.53. The van der Waals surface area contributed by atoms with Gasteiger partial charge in [-0.25, -0.2) is 4.79 Å². The van der Waals surface area contributed by atoms with Crippen molar-refractivity contribution in [2.24, 2.45) is 17.3 Å². The van der Waals surface area contributed by atoms with Gasteiger partial charge in [0.1, 0.15) is 6.10 Å². The number of ketones is 1. The number of aryl methyl sites for hydroxylation is 1. The Morgan fingerprint density at radius 2 is 2.16 bits per heavy atom. The van der Waals surface area contributed by atoms with Gasteiger partial charge < -0.3 is 14.3 Å². The van der Waals surface area contributed by atoms with Gasteiger partial charge in [-0.3, -0.25) is 4.79 Å². The van der Waals surface area contributed by atoms with Gasteiger partial charge in [0, 0.05) is 17.6 Å². The zero-order chi connectivity index (χ0) is 18.5. The minimum atomic E-state index is -0.851. The molecule has 0 radical (unpaired) electrons. The van der Waals surface area contributed by atoms with Gasteiger partial charge in [-0.15, -0.1) is 0 Å². The summed E-state index contributed by atoms with van der Waals surface area (Å²) < 4.78 is 11.1. The number of hydrogen-bond donors (Lipinski definition) is 1. The van der Waals surface area contributed by atoms with E-state index in [2.05, 4.69) is 0 Å². The summed E-state index contributed by atoms with van der Waals surface area (Å²) >= 11 is 0. The van der Waals surface area contributed by atoms with Gasteiger partial charge in [0.15, 0.2) is 5.76 Å². The molecule has 2 aliphatic rings. The van der Waals surface area contributed by atoms with Crippen LogP contribution in [0.5, 0.6) is 0 Å². The molecule has 1 saturated carbocycles. The molecular weight excluding hydrogens is 320 g/mol. The number of rotatable bonds is 2. The Balaban J connectivity index is 1.95. The molecule has 1 N–H and O–H groups in total. The minimum Gasteiger partial charge on any atom is -0.461 e. The first-order chi connectivity index (χ1) is 11.7. The fraction of sp³-hybridized carbons (Fsp3) is 0.600. The average molecular weight is 346 g/mol. The highest BCUT2D eigenvalue weighted by atomic mass is 16.5. The maximum absolute atomic E-state index is 12.9. The van der Waals surface area contributed by atoms with Gasteiger partial charge in [0.2, 0.25) is 5.78 Å². The van der Waals surface area contributed by atoms with Gasteiger partial charge >= 0.3 is 5.97 Å². The number of esters is 1. The van der Waals surface area contributed by atoms with Gasteiger partial charge in [-0.1, -0.05) is 19.9 Å². The number of aliphatic hydroxyl groups excluding tert-OH is 1. The third-order valence-corrected chi connectivity index (χ3v) is 6.35. The molecule has 0 bridgehead atoms. The van der Waals surface area contributed by atoms with Crippen LogP contribution in [-0.4, -0.2) is 29.1 Å². The van der Waals surface area contributed by atoms with Crippen LogP contribution in [-0.2, 0) is 16.0 Å². The highest BCUT2D eigenvalue weighted by molar-refractivity contribution is 5.99. The number of allylic oxidation sites excluding steroid dienone is 1. The molecule has 0 aliphatic heterocycles. The molecular formula is C20H26O5. The predicted molar refractivity (Wildman–Crippen MR) is 92.2 cm³/mol. The molecule has 1 aromatic heterocycles. The second-order valence-corrected chi connectivity index (χ2v) is 7.76. The molecule has 0 spiro atoms. The lowest BCUT2D eigenvalue weighted by atomic mass is 9.53. The van der Waals surface area contributed by atoms with Crippen molar-refractivity contribution in [1.82, 2.24) is 0 Å². The Morgan fingerprint density at radius 1 is 1.48 bits per heavy atom. The van der Waals surface area contributed by atoms with E-state index in [-0.39, 0.29) is 24.1 Å². The molecule has 0 aromatic carbocycles. The second-order valence-electron chi connectivity index (χ2n) is 7.76. The Kier molecular flexibility index (Phi) is 4.40. The van der Waals surface area contributed by atoms with Crippen molar-refractivity contribution in [2.75, 3.05) is 0 Å². The molecule has 0 amide bonds. The molecule has 5 atom stereocenters. The Hall–Kier alpha value is -1.88. The zero-order valence-corrected chi connectivity index (χ0v) is 15.5. The van der Waals surface area contributed by atoms with Crippen LogP contribution in [0.2, 0.25) is 0 Å². The maximum Gasteiger partial charge on any atom is 0.333 e. The third kappa shape index (κ3) is 2.65. The van der Waals surface area contributed by atoms with Crippen LogP contribution in [0, 0.1) is 24.2 Å². The fourth-order valence-electron chi connectivity index (χ4n) is 4.39. The summed E-state index contributed by atoms with van der Waals surface area (Å²) in [4.78, 5) is 25.1. The van der Waals surface area contributed by atoms with Crippen molar-refractivity contribution in [2.45, 2.75) is 59.7 Å². The monoisotopic (exact) mass is 346 g/mol. The Morgan fingerprint density at radius 3 is 2.80 bits per heavy atom. The maximum atomic E-state index is 12.9. The second kappa shape index (κ2) is 6.13. The number of fused-ring (bicyclic) bond motifs is 2. The molecule has 136 valence electrons. The highest BCUT2D eigenvalue weighted by Gasteiger charge is 2.58. The van der Waals surface area contributed by atoms with E-state index < -0.39 is 23.5 Å². The van der Waals surface area contributed by atoms with Gasteiger partial charge in [-0.2, -0.15) is 0 Å². The lowest BCUT2D eigenvalue weighted by Gasteiger charge is -2.52. The molecule has 3 rings (SSSR count). The van der Waals surface area contributed by atoms with Gasteiger partial charge in [-0.05, 0) is 44.1 Å². The molecule has 1 aromatic rings. The predicted octanol–water partition coefficient (Wildman–Crippen LogP) is 3.23. The summed E-state index contributed by atoms with van der Waals surface area (Å²) in [5.74, 6) is -0.702. The number of hydrogen-bond acceptors (Lipinski definition) is 5. The summed E-state index contributed by atoms with van der Waals surface area (Å²) in [6.45, 7) is 9.45. The number of carbonyl (C=O) groups excluding carboxylic acids is 2. The smallest absolute Gasteiger partial charge is 0.333 e. The molecule has 5 unspecified atom stereocenters. The SMILES string of the molecule is CC=C(C)C(=O)OC1CC(O)C2C(=O)c3occ(C)c3CC2(C)C1C. The normalized spacial score (nSPS) is 35.1. The van der Waals surface area contributed by atoms with E-state index in [9.17, 15) is 14.7 Å². The van der Waals surface area contributed by atoms with E-state index in [0.717, 1.165) is 11.1 Å². The van der Waals surface area contributed by atoms with Crippen molar-refractivity contribution >= 4 is 11.8 Å². The van der Waals surface area contributed by atoms with Crippen molar-refractivity contribution in [3.63, 3.8) is 0 Å². The first-order valence-electron chi connectivity index (χ1n) is 8.83.